The van der Waals surface area contributed by atoms with Crippen molar-refractivity contribution in [1.29, 1.82) is 0 Å². The van der Waals surface area contributed by atoms with Gasteiger partial charge in [0.2, 0.25) is 0 Å². The molecule has 1 aromatic carbocycles. The number of carbonyl (C=O) groups is 1. The number of carboxylic acid groups (broad SMARTS) is 1. The van der Waals surface area contributed by atoms with Crippen molar-refractivity contribution in [2.45, 2.75) is 12.2 Å². The molecule has 0 aromatic heterocycles. The average molecular weight is 219 g/mol. The summed E-state index contributed by atoms with van der Waals surface area (Å²) in [6.07, 6.45) is -0.907. The second kappa shape index (κ2) is 4.31. The molecule has 1 aromatic rings. The molecule has 0 aliphatic rings. The fourth-order valence-electron chi connectivity index (χ4n) is 1.07. The first kappa shape index (κ1) is 11.5. The molecular weight excluding hydrogens is 211 g/mol. The van der Waals surface area contributed by atoms with Gasteiger partial charge >= 0.3 is 11.8 Å². The zero-order valence-corrected chi connectivity index (χ0v) is 7.53. The first-order valence-electron chi connectivity index (χ1n) is 4.05. The van der Waals surface area contributed by atoms with Crippen molar-refractivity contribution in [2.75, 3.05) is 0 Å². The number of hydrogen-bond donors (Lipinski definition) is 1. The van der Waals surface area contributed by atoms with Gasteiger partial charge in [0.1, 0.15) is 0 Å². The van der Waals surface area contributed by atoms with E-state index < -0.39 is 23.5 Å². The second-order valence-corrected chi connectivity index (χ2v) is 2.96. The average Bonchev–Trinajstić information content (AvgIpc) is 2.18. The molecule has 0 saturated carbocycles. The lowest BCUT2D eigenvalue weighted by molar-refractivity contribution is -0.275. The highest BCUT2D eigenvalue weighted by Gasteiger charge is 2.47. The third-order valence-corrected chi connectivity index (χ3v) is 1.88. The van der Waals surface area contributed by atoms with Crippen LogP contribution in [-0.2, 0) is 11.2 Å². The summed E-state index contributed by atoms with van der Waals surface area (Å²) in [5, 5.41) is 6.44. The molecule has 0 radical (unpaired) electrons. The molecule has 0 bridgehead atoms. The summed E-state index contributed by atoms with van der Waals surface area (Å²) in [6.45, 7) is 0. The molecule has 1 N–H and O–H groups in total. The van der Waals surface area contributed by atoms with Crippen LogP contribution in [0, 0.1) is 0 Å². The van der Waals surface area contributed by atoms with Crippen LogP contribution in [0.4, 0.5) is 13.4 Å². The Morgan fingerprint density at radius 3 is 2.27 bits per heavy atom. The van der Waals surface area contributed by atoms with Crippen LogP contribution in [0.15, 0.2) is 30.3 Å². The first-order chi connectivity index (χ1) is 6.97. The summed E-state index contributed by atoms with van der Waals surface area (Å²) < 4.78 is 37.5. The number of aliphatic carboxylic acids is 1. The van der Waals surface area contributed by atoms with E-state index in [0.29, 0.717) is 0 Å². The van der Waals surface area contributed by atoms with Crippen molar-refractivity contribution in [1.82, 2.24) is 5.34 Å². The maximum Gasteiger partial charge on any atom is 0.362 e. The Labute approximate surface area is 83.6 Å². The Kier molecular flexibility index (Phi) is 3.31. The number of hydrogen-bond acceptors (Lipinski definition) is 2. The molecule has 1 atom stereocenters. The molecule has 0 saturated heterocycles. The Morgan fingerprint density at radius 1 is 1.33 bits per heavy atom. The van der Waals surface area contributed by atoms with E-state index in [1.807, 2.05) is 0 Å². The van der Waals surface area contributed by atoms with Crippen LogP contribution in [0.1, 0.15) is 5.56 Å². The monoisotopic (exact) mass is 219 g/mol. The van der Waals surface area contributed by atoms with Crippen molar-refractivity contribution in [3.63, 3.8) is 0 Å². The second-order valence-electron chi connectivity index (χ2n) is 2.96. The number of rotatable bonds is 4. The smallest absolute Gasteiger partial charge is 0.362 e. The molecule has 1 unspecified atom stereocenters. The van der Waals surface area contributed by atoms with Crippen molar-refractivity contribution in [2.24, 2.45) is 0 Å². The van der Waals surface area contributed by atoms with E-state index in [9.17, 15) is 18.1 Å². The van der Waals surface area contributed by atoms with Crippen LogP contribution in [-0.4, -0.2) is 22.2 Å². The first-order valence-corrected chi connectivity index (χ1v) is 4.05. The predicted octanol–water partition coefficient (Wildman–Crippen LogP) is 2.05. The van der Waals surface area contributed by atoms with Crippen LogP contribution >= 0.6 is 0 Å². The minimum absolute atomic E-state index is 0.183. The van der Waals surface area contributed by atoms with E-state index in [0.717, 1.165) is 0 Å². The van der Waals surface area contributed by atoms with Gasteiger partial charge in [-0.05, 0) is 5.56 Å². The van der Waals surface area contributed by atoms with Gasteiger partial charge in [0.15, 0.2) is 0 Å². The third kappa shape index (κ3) is 2.47. The minimum atomic E-state index is -3.68. The number of halogens is 3. The van der Waals surface area contributed by atoms with Gasteiger partial charge in [0.05, 0.1) is 5.34 Å². The molecule has 0 amide bonds. The molecule has 1 rings (SSSR count). The Balaban J connectivity index is 2.90. The molecule has 82 valence electrons. The summed E-state index contributed by atoms with van der Waals surface area (Å²) in [7, 11) is 0. The van der Waals surface area contributed by atoms with Gasteiger partial charge in [-0.2, -0.15) is 0 Å². The summed E-state index contributed by atoms with van der Waals surface area (Å²) in [6, 6.07) is 7.39. The zero-order chi connectivity index (χ0) is 11.5. The standard InChI is InChI=1S/C9H8F3NO2/c10-9(8(14)15,13(11)12)6-7-4-2-1-3-5-7/h1-5H,6H2,(H,14,15). The predicted molar refractivity (Wildman–Crippen MR) is 45.7 cm³/mol. The molecule has 6 heteroatoms. The highest BCUT2D eigenvalue weighted by atomic mass is 19.4. The maximum absolute atomic E-state index is 13.3. The molecular formula is C9H8F3NO2. The third-order valence-electron chi connectivity index (χ3n) is 1.88. The van der Waals surface area contributed by atoms with Gasteiger partial charge in [-0.25, -0.2) is 9.18 Å². The van der Waals surface area contributed by atoms with Gasteiger partial charge in [-0.3, -0.25) is 0 Å². The highest BCUT2D eigenvalue weighted by molar-refractivity contribution is 5.76. The van der Waals surface area contributed by atoms with Crippen molar-refractivity contribution < 1.29 is 23.3 Å². The zero-order valence-electron chi connectivity index (χ0n) is 7.53. The molecule has 0 fully saturated rings. The van der Waals surface area contributed by atoms with Crippen LogP contribution in [0.2, 0.25) is 0 Å². The molecule has 0 aliphatic carbocycles. The quantitative estimate of drug-likeness (QED) is 0.622. The van der Waals surface area contributed by atoms with E-state index in [1.54, 1.807) is 6.07 Å². The Morgan fingerprint density at radius 2 is 1.87 bits per heavy atom. The van der Waals surface area contributed by atoms with Crippen molar-refractivity contribution in [3.8, 4) is 0 Å². The van der Waals surface area contributed by atoms with Gasteiger partial charge in [0.25, 0.3) is 0 Å². The van der Waals surface area contributed by atoms with Crippen molar-refractivity contribution >= 4 is 5.97 Å². The van der Waals surface area contributed by atoms with Crippen LogP contribution < -0.4 is 0 Å². The van der Waals surface area contributed by atoms with Crippen LogP contribution in [0.25, 0.3) is 0 Å². The molecule has 0 aliphatic heterocycles. The van der Waals surface area contributed by atoms with E-state index in [1.165, 1.54) is 24.3 Å². The molecule has 0 spiro atoms. The number of alkyl halides is 1. The largest absolute Gasteiger partial charge is 0.478 e. The van der Waals surface area contributed by atoms with Gasteiger partial charge in [-0.15, -0.1) is 0 Å². The Hall–Kier alpha value is -1.56. The van der Waals surface area contributed by atoms with Crippen LogP contribution in [0.3, 0.4) is 0 Å². The fraction of sp³-hybridized carbons (Fsp3) is 0.222. The van der Waals surface area contributed by atoms with Gasteiger partial charge in [-0.1, -0.05) is 39.3 Å². The lowest BCUT2D eigenvalue weighted by Gasteiger charge is -2.19. The lowest BCUT2D eigenvalue weighted by atomic mass is 10.0. The van der Waals surface area contributed by atoms with E-state index in [2.05, 4.69) is 0 Å². The summed E-state index contributed by atoms with van der Waals surface area (Å²) in [4.78, 5) is 10.4. The minimum Gasteiger partial charge on any atom is -0.478 e. The molecule has 3 nitrogen and oxygen atoms in total. The highest BCUT2D eigenvalue weighted by Crippen LogP contribution is 2.24. The summed E-state index contributed by atoms with van der Waals surface area (Å²) in [5.74, 6) is -5.89. The number of benzene rings is 1. The van der Waals surface area contributed by atoms with Crippen molar-refractivity contribution in [3.05, 3.63) is 35.9 Å². The summed E-state index contributed by atoms with van der Waals surface area (Å²) in [5.41, 5.74) is 0.183. The van der Waals surface area contributed by atoms with Gasteiger partial charge in [0, 0.05) is 6.42 Å². The van der Waals surface area contributed by atoms with E-state index in [-0.39, 0.29) is 5.56 Å². The lowest BCUT2D eigenvalue weighted by Crippen LogP contribution is -2.45. The summed E-state index contributed by atoms with van der Waals surface area (Å²) >= 11 is 0. The SMILES string of the molecule is O=C(O)C(F)(Cc1ccccc1)N(F)F. The van der Waals surface area contributed by atoms with E-state index >= 15 is 0 Å². The Bertz CT molecular complexity index is 344. The van der Waals surface area contributed by atoms with Crippen LogP contribution in [0.5, 0.6) is 0 Å². The number of nitrogens with zero attached hydrogens (tertiary/aromatic N) is 1. The molecule has 0 heterocycles. The fourth-order valence-corrected chi connectivity index (χ4v) is 1.07. The molecule has 15 heavy (non-hydrogen) atoms. The normalized spacial score (nSPS) is 14.9. The van der Waals surface area contributed by atoms with E-state index in [4.69, 9.17) is 5.11 Å². The van der Waals surface area contributed by atoms with Gasteiger partial charge < -0.3 is 5.11 Å². The number of carboxylic acids is 1. The maximum atomic E-state index is 13.3. The topological polar surface area (TPSA) is 40.5 Å².